The lowest BCUT2D eigenvalue weighted by molar-refractivity contribution is 0.103. The van der Waals surface area contributed by atoms with Gasteiger partial charge in [-0.2, -0.15) is 0 Å². The van der Waals surface area contributed by atoms with Crippen molar-refractivity contribution in [3.63, 3.8) is 0 Å². The summed E-state index contributed by atoms with van der Waals surface area (Å²) in [4.78, 5) is 32.0. The molecule has 1 aliphatic heterocycles. The van der Waals surface area contributed by atoms with Gasteiger partial charge in [-0.1, -0.05) is 13.8 Å². The van der Waals surface area contributed by atoms with Gasteiger partial charge >= 0.3 is 0 Å². The van der Waals surface area contributed by atoms with Gasteiger partial charge in [0.05, 0.1) is 10.6 Å². The van der Waals surface area contributed by atoms with Crippen LogP contribution in [0.3, 0.4) is 0 Å². The zero-order valence-corrected chi connectivity index (χ0v) is 17.7. The number of fused-ring (bicyclic) bond motifs is 2. The minimum Gasteiger partial charge on any atom is -0.298 e. The van der Waals surface area contributed by atoms with Gasteiger partial charge in [-0.3, -0.25) is 15.0 Å². The van der Waals surface area contributed by atoms with E-state index in [2.05, 4.69) is 32.1 Å². The van der Waals surface area contributed by atoms with E-state index < -0.39 is 0 Å². The Hall–Kier alpha value is -1.90. The number of hydrogen-bond donors (Lipinski definition) is 1. The lowest BCUT2D eigenvalue weighted by Gasteiger charge is -2.23. The Balaban J connectivity index is 1.61. The predicted molar refractivity (Wildman–Crippen MR) is 111 cm³/mol. The van der Waals surface area contributed by atoms with Crippen LogP contribution < -0.4 is 5.32 Å². The quantitative estimate of drug-likeness (QED) is 0.716. The molecule has 4 rings (SSSR count). The van der Waals surface area contributed by atoms with Crippen LogP contribution in [0.25, 0.3) is 10.2 Å². The third kappa shape index (κ3) is 3.37. The van der Waals surface area contributed by atoms with Crippen LogP contribution in [0.4, 0.5) is 5.13 Å². The number of thiophene rings is 1. The molecule has 27 heavy (non-hydrogen) atoms. The maximum absolute atomic E-state index is 12.9. The Morgan fingerprint density at radius 3 is 2.74 bits per heavy atom. The second-order valence-corrected chi connectivity index (χ2v) is 8.86. The molecule has 0 spiro atoms. The van der Waals surface area contributed by atoms with Gasteiger partial charge in [-0.15, -0.1) is 22.7 Å². The monoisotopic (exact) mass is 401 g/mol. The average molecular weight is 402 g/mol. The summed E-state index contributed by atoms with van der Waals surface area (Å²) in [6.45, 7) is 11.2. The van der Waals surface area contributed by atoms with Gasteiger partial charge in [0.1, 0.15) is 10.7 Å². The number of aryl methyl sites for hydroxylation is 3. The Morgan fingerprint density at radius 2 is 2.00 bits per heavy atom. The molecule has 0 unspecified atom stereocenters. The lowest BCUT2D eigenvalue weighted by Crippen LogP contribution is -2.29. The third-order valence-electron chi connectivity index (χ3n) is 5.02. The first kappa shape index (κ1) is 18.5. The Kier molecular flexibility index (Phi) is 4.96. The van der Waals surface area contributed by atoms with Crippen LogP contribution in [0.2, 0.25) is 0 Å². The van der Waals surface area contributed by atoms with Crippen molar-refractivity contribution >= 4 is 43.9 Å². The number of anilines is 1. The SMILES string of the molecule is CCc1nc(C)c2c(C)c(C(=O)Nc3nc4c(s3)CN(CC)CC4)sc2n1. The molecule has 0 aromatic carbocycles. The molecule has 8 heteroatoms. The van der Waals surface area contributed by atoms with Crippen molar-refractivity contribution in [2.45, 2.75) is 47.1 Å². The van der Waals surface area contributed by atoms with E-state index >= 15 is 0 Å². The summed E-state index contributed by atoms with van der Waals surface area (Å²) in [6, 6.07) is 0. The molecule has 0 radical (unpaired) electrons. The molecule has 1 amide bonds. The average Bonchev–Trinajstić information content (AvgIpc) is 3.21. The second kappa shape index (κ2) is 7.26. The van der Waals surface area contributed by atoms with Crippen LogP contribution in [-0.4, -0.2) is 38.8 Å². The molecular weight excluding hydrogens is 378 g/mol. The van der Waals surface area contributed by atoms with E-state index in [1.807, 2.05) is 20.8 Å². The van der Waals surface area contributed by atoms with E-state index in [1.165, 1.54) is 16.2 Å². The Morgan fingerprint density at radius 1 is 1.19 bits per heavy atom. The molecule has 0 saturated heterocycles. The number of thiazole rings is 1. The molecule has 3 aromatic rings. The summed E-state index contributed by atoms with van der Waals surface area (Å²) in [5.74, 6) is 0.715. The molecule has 4 heterocycles. The van der Waals surface area contributed by atoms with Crippen LogP contribution in [0.15, 0.2) is 0 Å². The van der Waals surface area contributed by atoms with Crippen molar-refractivity contribution in [2.75, 3.05) is 18.4 Å². The van der Waals surface area contributed by atoms with Gasteiger partial charge < -0.3 is 0 Å². The van der Waals surface area contributed by atoms with Crippen LogP contribution in [0.5, 0.6) is 0 Å². The van der Waals surface area contributed by atoms with E-state index in [9.17, 15) is 4.79 Å². The summed E-state index contributed by atoms with van der Waals surface area (Å²) in [5.41, 5.74) is 3.02. The molecule has 1 N–H and O–H groups in total. The normalized spacial score (nSPS) is 14.5. The molecule has 0 bridgehead atoms. The van der Waals surface area contributed by atoms with Crippen LogP contribution >= 0.6 is 22.7 Å². The first-order valence-electron chi connectivity index (χ1n) is 9.29. The number of likely N-dealkylation sites (N-methyl/N-ethyl adjacent to an activating group) is 1. The summed E-state index contributed by atoms with van der Waals surface area (Å²) in [5, 5.41) is 4.70. The van der Waals surface area contributed by atoms with Gasteiger partial charge in [0.15, 0.2) is 5.13 Å². The molecule has 3 aromatic heterocycles. The number of carbonyl (C=O) groups excluding carboxylic acids is 1. The number of nitrogens with one attached hydrogen (secondary N) is 1. The number of hydrogen-bond acceptors (Lipinski definition) is 7. The fourth-order valence-corrected chi connectivity index (χ4v) is 5.69. The number of aromatic nitrogens is 3. The minimum absolute atomic E-state index is 0.105. The lowest BCUT2D eigenvalue weighted by atomic mass is 10.1. The molecule has 6 nitrogen and oxygen atoms in total. The maximum atomic E-state index is 12.9. The van der Waals surface area contributed by atoms with Crippen LogP contribution in [-0.2, 0) is 19.4 Å². The van der Waals surface area contributed by atoms with E-state index in [-0.39, 0.29) is 5.91 Å². The highest BCUT2D eigenvalue weighted by molar-refractivity contribution is 7.21. The van der Waals surface area contributed by atoms with Crippen molar-refractivity contribution < 1.29 is 4.79 Å². The highest BCUT2D eigenvalue weighted by Gasteiger charge is 2.23. The summed E-state index contributed by atoms with van der Waals surface area (Å²) in [6.07, 6.45) is 1.74. The van der Waals surface area contributed by atoms with E-state index in [0.717, 1.165) is 65.5 Å². The summed E-state index contributed by atoms with van der Waals surface area (Å²) < 4.78 is 0. The fourth-order valence-electron chi connectivity index (χ4n) is 3.50. The van der Waals surface area contributed by atoms with Crippen molar-refractivity contribution in [2.24, 2.45) is 0 Å². The molecule has 0 atom stereocenters. The smallest absolute Gasteiger partial charge is 0.267 e. The van der Waals surface area contributed by atoms with Gasteiger partial charge in [-0.25, -0.2) is 15.0 Å². The van der Waals surface area contributed by atoms with Gasteiger partial charge in [-0.05, 0) is 26.0 Å². The molecule has 0 fully saturated rings. The third-order valence-corrected chi connectivity index (χ3v) is 7.20. The maximum Gasteiger partial charge on any atom is 0.267 e. The molecule has 0 saturated carbocycles. The highest BCUT2D eigenvalue weighted by Crippen LogP contribution is 2.33. The van der Waals surface area contributed by atoms with E-state index in [4.69, 9.17) is 0 Å². The van der Waals surface area contributed by atoms with Crippen molar-refractivity contribution in [3.8, 4) is 0 Å². The Labute approximate surface area is 166 Å². The largest absolute Gasteiger partial charge is 0.298 e. The van der Waals surface area contributed by atoms with E-state index in [1.54, 1.807) is 11.3 Å². The standard InChI is InChI=1S/C19H23N5OS2/c1-5-14-20-11(4)15-10(3)16(27-18(15)22-14)17(25)23-19-21-12-7-8-24(6-2)9-13(12)26-19/h5-9H2,1-4H3,(H,21,23,25). The van der Waals surface area contributed by atoms with Gasteiger partial charge in [0, 0.05) is 41.9 Å². The van der Waals surface area contributed by atoms with Crippen LogP contribution in [0.1, 0.15) is 51.2 Å². The first-order chi connectivity index (χ1) is 13.0. The molecule has 1 aliphatic rings. The van der Waals surface area contributed by atoms with Crippen LogP contribution in [0, 0.1) is 13.8 Å². The topological polar surface area (TPSA) is 71.0 Å². The number of rotatable bonds is 4. The van der Waals surface area contributed by atoms with Crippen molar-refractivity contribution in [1.29, 1.82) is 0 Å². The number of nitrogens with zero attached hydrogens (tertiary/aromatic N) is 4. The zero-order valence-electron chi connectivity index (χ0n) is 16.0. The number of carbonyl (C=O) groups is 1. The molecule has 142 valence electrons. The second-order valence-electron chi connectivity index (χ2n) is 6.78. The van der Waals surface area contributed by atoms with E-state index in [0.29, 0.717) is 10.0 Å². The molecular formula is C19H23N5OS2. The van der Waals surface area contributed by atoms with Crippen molar-refractivity contribution in [1.82, 2.24) is 19.9 Å². The number of amides is 1. The fraction of sp³-hybridized carbons (Fsp3) is 0.474. The minimum atomic E-state index is -0.105. The Bertz CT molecular complexity index is 1020. The first-order valence-corrected chi connectivity index (χ1v) is 10.9. The van der Waals surface area contributed by atoms with Gasteiger partial charge in [0.25, 0.3) is 5.91 Å². The molecule has 0 aliphatic carbocycles. The summed E-state index contributed by atoms with van der Waals surface area (Å²) >= 11 is 3.03. The zero-order chi connectivity index (χ0) is 19.1. The predicted octanol–water partition coefficient (Wildman–Crippen LogP) is 3.96. The highest BCUT2D eigenvalue weighted by atomic mass is 32.1. The van der Waals surface area contributed by atoms with Gasteiger partial charge in [0.2, 0.25) is 0 Å². The summed E-state index contributed by atoms with van der Waals surface area (Å²) in [7, 11) is 0. The van der Waals surface area contributed by atoms with Crippen molar-refractivity contribution in [3.05, 3.63) is 32.5 Å².